The smallest absolute Gasteiger partial charge is 0.475 e. The molecule has 1 atom stereocenters. The van der Waals surface area contributed by atoms with Crippen molar-refractivity contribution in [2.24, 2.45) is 0 Å². The van der Waals surface area contributed by atoms with Crippen LogP contribution < -0.4 is 4.74 Å². The van der Waals surface area contributed by atoms with Crippen molar-refractivity contribution in [1.29, 1.82) is 0 Å². The number of thiazole rings is 1. The molecule has 0 aliphatic carbocycles. The minimum absolute atomic E-state index is 0.0483. The highest BCUT2D eigenvalue weighted by atomic mass is 32.1. The largest absolute Gasteiger partial charge is 0.490 e. The molecule has 1 saturated heterocycles. The maximum Gasteiger partial charge on any atom is 0.490 e. The summed E-state index contributed by atoms with van der Waals surface area (Å²) in [6, 6.07) is 10.7. The van der Waals surface area contributed by atoms with Crippen LogP contribution in [-0.2, 0) is 4.79 Å². The van der Waals surface area contributed by atoms with Crippen molar-refractivity contribution in [1.82, 2.24) is 19.3 Å². The van der Waals surface area contributed by atoms with E-state index >= 15 is 0 Å². The molecule has 1 N–H and O–H groups in total. The fourth-order valence-corrected chi connectivity index (χ4v) is 4.35. The third-order valence-corrected chi connectivity index (χ3v) is 6.20. The van der Waals surface area contributed by atoms with Gasteiger partial charge in [0.15, 0.2) is 6.10 Å². The Kier molecular flexibility index (Phi) is 6.80. The first kappa shape index (κ1) is 25.3. The van der Waals surface area contributed by atoms with Gasteiger partial charge in [0.2, 0.25) is 0 Å². The number of carbonyl (C=O) groups is 2. The number of imidazole rings is 1. The second-order valence-electron chi connectivity index (χ2n) is 7.70. The molecule has 1 unspecified atom stereocenters. The summed E-state index contributed by atoms with van der Waals surface area (Å²) in [5.74, 6) is -6.14. The Morgan fingerprint density at radius 2 is 1.86 bits per heavy atom. The van der Waals surface area contributed by atoms with Crippen molar-refractivity contribution >= 4 is 39.1 Å². The molecule has 1 fully saturated rings. The number of rotatable bonds is 3. The third kappa shape index (κ3) is 5.37. The fraction of sp³-hybridized carbons (Fsp3) is 0.273. The Balaban J connectivity index is 0.000000384. The lowest BCUT2D eigenvalue weighted by atomic mass is 10.0. The van der Waals surface area contributed by atoms with Crippen molar-refractivity contribution in [2.75, 3.05) is 13.1 Å². The second-order valence-corrected chi connectivity index (χ2v) is 8.69. The lowest BCUT2D eigenvalue weighted by Gasteiger charge is -2.37. The van der Waals surface area contributed by atoms with Crippen LogP contribution in [0.5, 0.6) is 5.19 Å². The molecule has 4 aromatic rings. The van der Waals surface area contributed by atoms with Gasteiger partial charge in [-0.3, -0.25) is 4.79 Å². The van der Waals surface area contributed by atoms with E-state index in [1.807, 2.05) is 18.2 Å². The van der Waals surface area contributed by atoms with E-state index in [0.29, 0.717) is 16.7 Å². The molecular weight excluding hydrogens is 511 g/mol. The van der Waals surface area contributed by atoms with Crippen molar-refractivity contribution in [2.45, 2.75) is 24.6 Å². The zero-order chi connectivity index (χ0) is 26.1. The molecule has 190 valence electrons. The van der Waals surface area contributed by atoms with Gasteiger partial charge >= 0.3 is 12.1 Å². The van der Waals surface area contributed by atoms with Crippen LogP contribution in [0.1, 0.15) is 16.8 Å². The van der Waals surface area contributed by atoms with Gasteiger partial charge in [-0.1, -0.05) is 23.5 Å². The molecule has 1 aromatic carbocycles. The van der Waals surface area contributed by atoms with Crippen molar-refractivity contribution < 1.29 is 41.4 Å². The van der Waals surface area contributed by atoms with Crippen LogP contribution in [0.15, 0.2) is 55.0 Å². The average molecular weight is 528 g/mol. The summed E-state index contributed by atoms with van der Waals surface area (Å²) in [5.41, 5.74) is 1.57. The Bertz CT molecular complexity index is 1370. The number of ether oxygens (including phenoxy) is 1. The first-order chi connectivity index (χ1) is 17.0. The predicted molar refractivity (Wildman–Crippen MR) is 118 cm³/mol. The molecular formula is C22H17F5N4O4S. The average Bonchev–Trinajstić information content (AvgIpc) is 3.46. The van der Waals surface area contributed by atoms with Gasteiger partial charge < -0.3 is 19.1 Å². The molecule has 0 radical (unpaired) electrons. The first-order valence-corrected chi connectivity index (χ1v) is 11.2. The number of amides is 1. The van der Waals surface area contributed by atoms with Crippen LogP contribution in [0.3, 0.4) is 0 Å². The minimum Gasteiger partial charge on any atom is -0.475 e. The molecule has 36 heavy (non-hydrogen) atoms. The molecule has 0 saturated carbocycles. The normalized spacial score (nSPS) is 17.5. The van der Waals surface area contributed by atoms with Crippen molar-refractivity contribution in [3.63, 3.8) is 0 Å². The molecule has 0 bridgehead atoms. The van der Waals surface area contributed by atoms with E-state index in [4.69, 9.17) is 14.6 Å². The molecule has 1 aliphatic heterocycles. The van der Waals surface area contributed by atoms with E-state index in [1.54, 1.807) is 41.2 Å². The summed E-state index contributed by atoms with van der Waals surface area (Å²) in [4.78, 5) is 31.8. The summed E-state index contributed by atoms with van der Waals surface area (Å²) in [6.07, 6.45) is -1.90. The quantitative estimate of drug-likeness (QED) is 0.393. The van der Waals surface area contributed by atoms with E-state index in [0.717, 1.165) is 4.70 Å². The van der Waals surface area contributed by atoms with E-state index in [2.05, 4.69) is 9.97 Å². The van der Waals surface area contributed by atoms with Gasteiger partial charge in [0.25, 0.3) is 17.0 Å². The first-order valence-electron chi connectivity index (χ1n) is 10.4. The van der Waals surface area contributed by atoms with E-state index in [-0.39, 0.29) is 24.2 Å². The lowest BCUT2D eigenvalue weighted by molar-refractivity contribution is -0.192. The van der Waals surface area contributed by atoms with Gasteiger partial charge in [-0.05, 0) is 24.3 Å². The molecule has 3 aromatic heterocycles. The highest BCUT2D eigenvalue weighted by Crippen LogP contribution is 2.35. The molecule has 4 heterocycles. The van der Waals surface area contributed by atoms with Crippen LogP contribution >= 0.6 is 11.3 Å². The summed E-state index contributed by atoms with van der Waals surface area (Å²) in [5, 5.41) is 7.31. The number of carboxylic acids is 1. The second kappa shape index (κ2) is 9.68. The Hall–Kier alpha value is -3.81. The number of hydrogen-bond donors (Lipinski definition) is 1. The number of likely N-dealkylation sites (tertiary alicyclic amines) is 1. The van der Waals surface area contributed by atoms with Gasteiger partial charge in [-0.2, -0.15) is 13.2 Å². The van der Waals surface area contributed by atoms with Gasteiger partial charge in [0.05, 0.1) is 22.3 Å². The number of halogens is 5. The number of nitrogens with zero attached hydrogens (tertiary/aromatic N) is 4. The highest BCUT2D eigenvalue weighted by Gasteiger charge is 2.47. The Morgan fingerprint density at radius 3 is 2.56 bits per heavy atom. The number of pyridine rings is 1. The number of alkyl halides is 5. The van der Waals surface area contributed by atoms with E-state index in [9.17, 15) is 26.7 Å². The minimum atomic E-state index is -5.08. The van der Waals surface area contributed by atoms with E-state index in [1.165, 1.54) is 16.2 Å². The number of aromatic nitrogens is 3. The topological polar surface area (TPSA) is 97.0 Å². The van der Waals surface area contributed by atoms with E-state index < -0.39 is 30.6 Å². The predicted octanol–water partition coefficient (Wildman–Crippen LogP) is 4.51. The maximum atomic E-state index is 14.6. The highest BCUT2D eigenvalue weighted by molar-refractivity contribution is 7.20. The number of para-hydroxylation sites is 1. The van der Waals surface area contributed by atoms with Crippen LogP contribution in [0.25, 0.3) is 15.9 Å². The lowest BCUT2D eigenvalue weighted by Crippen LogP contribution is -2.55. The van der Waals surface area contributed by atoms with Gasteiger partial charge in [-0.25, -0.2) is 23.5 Å². The molecule has 14 heteroatoms. The summed E-state index contributed by atoms with van der Waals surface area (Å²) < 4.78 is 69.0. The zero-order valence-electron chi connectivity index (χ0n) is 18.2. The van der Waals surface area contributed by atoms with Crippen LogP contribution in [0.4, 0.5) is 22.0 Å². The van der Waals surface area contributed by atoms with Crippen LogP contribution in [0, 0.1) is 0 Å². The number of hydrogen-bond acceptors (Lipinski definition) is 6. The summed E-state index contributed by atoms with van der Waals surface area (Å²) in [7, 11) is 0. The molecule has 1 aliphatic rings. The van der Waals surface area contributed by atoms with Crippen molar-refractivity contribution in [3.8, 4) is 5.19 Å². The van der Waals surface area contributed by atoms with Crippen molar-refractivity contribution in [3.05, 3.63) is 60.6 Å². The monoisotopic (exact) mass is 528 g/mol. The SMILES string of the molecule is O=C(O)C(F)(F)F.O=C(c1cccn2ccnc12)N1CCC(F)(F)C(Oc2nc3ccccc3s2)C1. The fourth-order valence-electron chi connectivity index (χ4n) is 3.49. The zero-order valence-corrected chi connectivity index (χ0v) is 19.0. The van der Waals surface area contributed by atoms with Crippen LogP contribution in [-0.4, -0.2) is 67.5 Å². The molecule has 5 rings (SSSR count). The number of carbonyl (C=O) groups excluding carboxylic acids is 1. The summed E-state index contributed by atoms with van der Waals surface area (Å²) >= 11 is 1.22. The Morgan fingerprint density at radius 1 is 1.14 bits per heavy atom. The maximum absolute atomic E-state index is 14.6. The van der Waals surface area contributed by atoms with Gasteiger partial charge in [-0.15, -0.1) is 0 Å². The van der Waals surface area contributed by atoms with Crippen LogP contribution in [0.2, 0.25) is 0 Å². The summed E-state index contributed by atoms with van der Waals surface area (Å²) in [6.45, 7) is -0.267. The standard InChI is InChI=1S/C20H16F2N4O2S.C2HF3O2/c21-20(22)7-10-26(18(27)13-4-3-9-25-11-8-23-17(13)25)12-16(20)28-19-24-14-5-1-2-6-15(14)29-19;3-2(4,5)1(6)7/h1-6,8-9,11,16H,7,10,12H2;(H,6,7). The number of piperidine rings is 1. The number of aliphatic carboxylic acids is 1. The molecule has 8 nitrogen and oxygen atoms in total. The van der Waals surface area contributed by atoms with Gasteiger partial charge in [0, 0.05) is 31.6 Å². The number of benzene rings is 1. The Labute approximate surface area is 203 Å². The molecule has 1 amide bonds. The molecule has 0 spiro atoms. The number of fused-ring (bicyclic) bond motifs is 2. The number of carboxylic acid groups (broad SMARTS) is 1. The van der Waals surface area contributed by atoms with Gasteiger partial charge in [0.1, 0.15) is 5.65 Å². The third-order valence-electron chi connectivity index (χ3n) is 5.27.